The van der Waals surface area contributed by atoms with Crippen LogP contribution < -0.4 is 5.32 Å². The molecule has 0 fully saturated rings. The molecule has 0 unspecified atom stereocenters. The molecule has 0 atom stereocenters. The standard InChI is InChI=1S/C20H23N3O2S/c1-2-25-20(24)23-12-10-16-17(13-21)19(26-18(16)14-23)22-11-6-9-15-7-4-3-5-8-15/h3-5,7-8,22H,2,6,9-12,14H2,1H3. The number of nitriles is 1. The minimum atomic E-state index is -0.276. The van der Waals surface area contributed by atoms with Gasteiger partial charge in [0.25, 0.3) is 0 Å². The molecule has 26 heavy (non-hydrogen) atoms. The van der Waals surface area contributed by atoms with E-state index in [-0.39, 0.29) is 6.09 Å². The van der Waals surface area contributed by atoms with Crippen LogP contribution in [0.25, 0.3) is 0 Å². The molecule has 0 bridgehead atoms. The summed E-state index contributed by atoms with van der Waals surface area (Å²) in [5, 5.41) is 13.9. The highest BCUT2D eigenvalue weighted by Gasteiger charge is 2.27. The molecule has 2 aromatic rings. The second-order valence-electron chi connectivity index (χ2n) is 6.21. The number of ether oxygens (including phenoxy) is 1. The van der Waals surface area contributed by atoms with Gasteiger partial charge in [0.05, 0.1) is 18.7 Å². The number of carbonyl (C=O) groups excluding carboxylic acids is 1. The predicted molar refractivity (Wildman–Crippen MR) is 103 cm³/mol. The van der Waals surface area contributed by atoms with E-state index in [1.807, 2.05) is 13.0 Å². The van der Waals surface area contributed by atoms with Crippen molar-refractivity contribution in [3.05, 3.63) is 51.9 Å². The second-order valence-corrected chi connectivity index (χ2v) is 7.31. The number of hydrogen-bond acceptors (Lipinski definition) is 5. The number of fused-ring (bicyclic) bond motifs is 1. The minimum absolute atomic E-state index is 0.276. The first kappa shape index (κ1) is 18.3. The van der Waals surface area contributed by atoms with E-state index in [0.717, 1.165) is 40.4 Å². The number of aryl methyl sites for hydroxylation is 1. The summed E-state index contributed by atoms with van der Waals surface area (Å²) in [5.74, 6) is 0. The number of thiophene rings is 1. The summed E-state index contributed by atoms with van der Waals surface area (Å²) in [5.41, 5.74) is 3.15. The molecule has 5 nitrogen and oxygen atoms in total. The normalized spacial score (nSPS) is 13.0. The summed E-state index contributed by atoms with van der Waals surface area (Å²) < 4.78 is 5.09. The fraction of sp³-hybridized carbons (Fsp3) is 0.400. The van der Waals surface area contributed by atoms with Crippen molar-refractivity contribution in [2.45, 2.75) is 32.7 Å². The van der Waals surface area contributed by atoms with Gasteiger partial charge in [-0.2, -0.15) is 5.26 Å². The molecule has 136 valence electrons. The van der Waals surface area contributed by atoms with Gasteiger partial charge in [-0.05, 0) is 37.3 Å². The maximum Gasteiger partial charge on any atom is 0.410 e. The predicted octanol–water partition coefficient (Wildman–Crippen LogP) is 4.18. The van der Waals surface area contributed by atoms with E-state index in [1.54, 1.807) is 16.2 Å². The molecule has 3 rings (SSSR count). The lowest BCUT2D eigenvalue weighted by Crippen LogP contribution is -2.35. The second kappa shape index (κ2) is 8.72. The Bertz CT molecular complexity index is 795. The van der Waals surface area contributed by atoms with Gasteiger partial charge < -0.3 is 15.0 Å². The Kier molecular flexibility index (Phi) is 6.13. The third kappa shape index (κ3) is 4.17. The zero-order chi connectivity index (χ0) is 18.4. The van der Waals surface area contributed by atoms with Gasteiger partial charge in [-0.1, -0.05) is 30.3 Å². The molecule has 1 aromatic heterocycles. The van der Waals surface area contributed by atoms with Gasteiger partial charge in [-0.25, -0.2) is 4.79 Å². The maximum absolute atomic E-state index is 11.9. The van der Waals surface area contributed by atoms with Crippen LogP contribution in [0.5, 0.6) is 0 Å². The molecule has 1 aliphatic rings. The first-order chi connectivity index (χ1) is 12.7. The Morgan fingerprint density at radius 2 is 2.19 bits per heavy atom. The van der Waals surface area contributed by atoms with Crippen molar-refractivity contribution in [1.29, 1.82) is 5.26 Å². The Morgan fingerprint density at radius 3 is 2.92 bits per heavy atom. The summed E-state index contributed by atoms with van der Waals surface area (Å²) in [7, 11) is 0. The highest BCUT2D eigenvalue weighted by atomic mass is 32.1. The average Bonchev–Trinajstić information content (AvgIpc) is 3.02. The van der Waals surface area contributed by atoms with E-state index in [1.165, 1.54) is 5.56 Å². The summed E-state index contributed by atoms with van der Waals surface area (Å²) in [4.78, 5) is 14.7. The summed E-state index contributed by atoms with van der Waals surface area (Å²) in [6.45, 7) is 4.14. The van der Waals surface area contributed by atoms with Crippen LogP contribution in [-0.4, -0.2) is 30.7 Å². The SMILES string of the molecule is CCOC(=O)N1CCc2c(sc(NCCCc3ccccc3)c2C#N)C1. The monoisotopic (exact) mass is 369 g/mol. The molecule has 1 amide bonds. The number of carbonyl (C=O) groups is 1. The van der Waals surface area contributed by atoms with Crippen LogP contribution in [0, 0.1) is 11.3 Å². The summed E-state index contributed by atoms with van der Waals surface area (Å²) >= 11 is 1.59. The summed E-state index contributed by atoms with van der Waals surface area (Å²) in [6, 6.07) is 12.7. The lowest BCUT2D eigenvalue weighted by Gasteiger charge is -2.25. The number of benzene rings is 1. The van der Waals surface area contributed by atoms with Crippen molar-refractivity contribution < 1.29 is 9.53 Å². The molecule has 6 heteroatoms. The Hall–Kier alpha value is -2.52. The third-order valence-electron chi connectivity index (χ3n) is 4.47. The number of hydrogen-bond donors (Lipinski definition) is 1. The first-order valence-corrected chi connectivity index (χ1v) is 9.78. The number of nitrogens with zero attached hydrogens (tertiary/aromatic N) is 2. The van der Waals surface area contributed by atoms with Crippen LogP contribution in [0.15, 0.2) is 30.3 Å². The highest BCUT2D eigenvalue weighted by Crippen LogP contribution is 2.36. The molecular weight excluding hydrogens is 346 g/mol. The topological polar surface area (TPSA) is 65.4 Å². The lowest BCUT2D eigenvalue weighted by molar-refractivity contribution is 0.103. The van der Waals surface area contributed by atoms with Gasteiger partial charge in [0.2, 0.25) is 0 Å². The number of anilines is 1. The van der Waals surface area contributed by atoms with Crippen LogP contribution in [-0.2, 0) is 24.1 Å². The van der Waals surface area contributed by atoms with Gasteiger partial charge >= 0.3 is 6.09 Å². The molecule has 1 N–H and O–H groups in total. The average molecular weight is 369 g/mol. The van der Waals surface area contributed by atoms with Gasteiger partial charge in [0, 0.05) is 18.0 Å². The Balaban J connectivity index is 1.61. The van der Waals surface area contributed by atoms with Gasteiger partial charge in [0.1, 0.15) is 11.1 Å². The van der Waals surface area contributed by atoms with Crippen LogP contribution in [0.2, 0.25) is 0 Å². The van der Waals surface area contributed by atoms with Crippen LogP contribution >= 0.6 is 11.3 Å². The van der Waals surface area contributed by atoms with E-state index in [4.69, 9.17) is 4.74 Å². The molecule has 1 aliphatic heterocycles. The molecule has 0 saturated carbocycles. The molecule has 0 radical (unpaired) electrons. The largest absolute Gasteiger partial charge is 0.450 e. The number of rotatable bonds is 6. The zero-order valence-electron chi connectivity index (χ0n) is 15.0. The fourth-order valence-electron chi connectivity index (χ4n) is 3.16. The van der Waals surface area contributed by atoms with Crippen LogP contribution in [0.4, 0.5) is 9.80 Å². The van der Waals surface area contributed by atoms with E-state index in [2.05, 4.69) is 35.7 Å². The fourth-order valence-corrected chi connectivity index (χ4v) is 4.40. The molecule has 2 heterocycles. The maximum atomic E-state index is 11.9. The smallest absolute Gasteiger partial charge is 0.410 e. The molecule has 0 aliphatic carbocycles. The highest BCUT2D eigenvalue weighted by molar-refractivity contribution is 7.16. The van der Waals surface area contributed by atoms with E-state index in [0.29, 0.717) is 26.1 Å². The molecule has 0 saturated heterocycles. The van der Waals surface area contributed by atoms with Crippen LogP contribution in [0.3, 0.4) is 0 Å². The van der Waals surface area contributed by atoms with E-state index in [9.17, 15) is 10.1 Å². The number of nitrogens with one attached hydrogen (secondary N) is 1. The third-order valence-corrected chi connectivity index (χ3v) is 5.64. The molecular formula is C20H23N3O2S. The van der Waals surface area contributed by atoms with Crippen molar-refractivity contribution >= 4 is 22.4 Å². The number of amides is 1. The van der Waals surface area contributed by atoms with E-state index < -0.39 is 0 Å². The molecule has 1 aromatic carbocycles. The van der Waals surface area contributed by atoms with Crippen molar-refractivity contribution in [2.24, 2.45) is 0 Å². The van der Waals surface area contributed by atoms with E-state index >= 15 is 0 Å². The summed E-state index contributed by atoms with van der Waals surface area (Å²) in [6.07, 6.45) is 2.45. The quantitative estimate of drug-likeness (QED) is 0.776. The zero-order valence-corrected chi connectivity index (χ0v) is 15.8. The van der Waals surface area contributed by atoms with Gasteiger partial charge in [-0.3, -0.25) is 0 Å². The minimum Gasteiger partial charge on any atom is -0.450 e. The van der Waals surface area contributed by atoms with Gasteiger partial charge in [-0.15, -0.1) is 11.3 Å². The van der Waals surface area contributed by atoms with Crippen molar-refractivity contribution in [3.63, 3.8) is 0 Å². The Morgan fingerprint density at radius 1 is 1.38 bits per heavy atom. The van der Waals surface area contributed by atoms with Crippen molar-refractivity contribution in [1.82, 2.24) is 4.90 Å². The Labute approximate surface area is 158 Å². The van der Waals surface area contributed by atoms with Crippen molar-refractivity contribution in [2.75, 3.05) is 25.0 Å². The van der Waals surface area contributed by atoms with Crippen LogP contribution in [0.1, 0.15) is 34.9 Å². The lowest BCUT2D eigenvalue weighted by atomic mass is 10.0. The van der Waals surface area contributed by atoms with Gasteiger partial charge in [0.15, 0.2) is 0 Å². The molecule has 0 spiro atoms. The van der Waals surface area contributed by atoms with Crippen molar-refractivity contribution in [3.8, 4) is 6.07 Å². The first-order valence-electron chi connectivity index (χ1n) is 8.97.